The number of hydrogen-bond donors (Lipinski definition) is 2. The summed E-state index contributed by atoms with van der Waals surface area (Å²) in [4.78, 5) is 12.5. The van der Waals surface area contributed by atoms with Crippen molar-refractivity contribution in [3.63, 3.8) is 0 Å². The summed E-state index contributed by atoms with van der Waals surface area (Å²) in [5.41, 5.74) is 1.90. The number of halogens is 1. The molecule has 0 unspecified atom stereocenters. The molecule has 0 spiro atoms. The standard InChI is InChI=1S/C17H17ClN2O3S/c1-11-10-13(18)4-9-16(11)19-17(21)12-2-7-15(8-3-12)24(22,23)20-14-5-6-14/h2-4,7-10,14,20H,5-6H2,1H3,(H,19,21). The molecule has 24 heavy (non-hydrogen) atoms. The minimum atomic E-state index is -3.51. The van der Waals surface area contributed by atoms with Gasteiger partial charge in [-0.2, -0.15) is 0 Å². The van der Waals surface area contributed by atoms with Crippen molar-refractivity contribution in [1.29, 1.82) is 0 Å². The van der Waals surface area contributed by atoms with Crippen molar-refractivity contribution in [2.45, 2.75) is 30.7 Å². The zero-order chi connectivity index (χ0) is 17.3. The molecule has 1 aliphatic rings. The van der Waals surface area contributed by atoms with Crippen molar-refractivity contribution >= 4 is 33.2 Å². The monoisotopic (exact) mass is 364 g/mol. The number of aryl methyl sites for hydroxylation is 1. The Morgan fingerprint density at radius 2 is 1.79 bits per heavy atom. The number of nitrogens with one attached hydrogen (secondary N) is 2. The molecule has 5 nitrogen and oxygen atoms in total. The van der Waals surface area contributed by atoms with Gasteiger partial charge in [-0.15, -0.1) is 0 Å². The summed E-state index contributed by atoms with van der Waals surface area (Å²) in [6.07, 6.45) is 1.75. The summed E-state index contributed by atoms with van der Waals surface area (Å²) < 4.78 is 26.8. The number of hydrogen-bond acceptors (Lipinski definition) is 3. The average molecular weight is 365 g/mol. The van der Waals surface area contributed by atoms with Gasteiger partial charge in [0.05, 0.1) is 4.90 Å². The number of amides is 1. The van der Waals surface area contributed by atoms with Gasteiger partial charge in [-0.1, -0.05) is 11.6 Å². The molecule has 1 saturated carbocycles. The van der Waals surface area contributed by atoms with Gasteiger partial charge in [-0.25, -0.2) is 13.1 Å². The van der Waals surface area contributed by atoms with E-state index < -0.39 is 10.0 Å². The Morgan fingerprint density at radius 1 is 1.12 bits per heavy atom. The SMILES string of the molecule is Cc1cc(Cl)ccc1NC(=O)c1ccc(S(=O)(=O)NC2CC2)cc1. The Hall–Kier alpha value is -1.89. The summed E-state index contributed by atoms with van der Waals surface area (Å²) >= 11 is 5.90. The van der Waals surface area contributed by atoms with E-state index in [1.165, 1.54) is 24.3 Å². The third-order valence-electron chi connectivity index (χ3n) is 3.76. The quantitative estimate of drug-likeness (QED) is 0.854. The first-order chi connectivity index (χ1) is 11.3. The maximum Gasteiger partial charge on any atom is 0.255 e. The van der Waals surface area contributed by atoms with Crippen LogP contribution in [0.2, 0.25) is 5.02 Å². The lowest BCUT2D eigenvalue weighted by Gasteiger charge is -2.10. The molecule has 1 amide bonds. The first-order valence-electron chi connectivity index (χ1n) is 7.55. The van der Waals surface area contributed by atoms with Crippen LogP contribution in [0, 0.1) is 6.92 Å². The molecular weight excluding hydrogens is 348 g/mol. The van der Waals surface area contributed by atoms with E-state index >= 15 is 0 Å². The zero-order valence-electron chi connectivity index (χ0n) is 13.0. The van der Waals surface area contributed by atoms with Crippen molar-refractivity contribution < 1.29 is 13.2 Å². The first kappa shape index (κ1) is 17.0. The molecule has 2 N–H and O–H groups in total. The second kappa shape index (κ2) is 6.55. The van der Waals surface area contributed by atoms with Gasteiger partial charge in [0, 0.05) is 22.3 Å². The minimum Gasteiger partial charge on any atom is -0.322 e. The maximum atomic E-state index is 12.3. The summed E-state index contributed by atoms with van der Waals surface area (Å²) in [7, 11) is -3.51. The van der Waals surface area contributed by atoms with Gasteiger partial charge in [0.25, 0.3) is 5.91 Å². The van der Waals surface area contributed by atoms with Gasteiger partial charge >= 0.3 is 0 Å². The van der Waals surface area contributed by atoms with Gasteiger partial charge in [0.2, 0.25) is 10.0 Å². The van der Waals surface area contributed by atoms with Gasteiger partial charge in [0.1, 0.15) is 0 Å². The van der Waals surface area contributed by atoms with Crippen LogP contribution in [-0.4, -0.2) is 20.4 Å². The molecule has 7 heteroatoms. The summed E-state index contributed by atoms with van der Waals surface area (Å²) in [6, 6.07) is 11.1. The van der Waals surface area contributed by atoms with E-state index in [2.05, 4.69) is 10.0 Å². The highest BCUT2D eigenvalue weighted by Gasteiger charge is 2.27. The predicted octanol–water partition coefficient (Wildman–Crippen LogP) is 3.34. The molecule has 1 fully saturated rings. The predicted molar refractivity (Wildman–Crippen MR) is 93.9 cm³/mol. The van der Waals surface area contributed by atoms with Crippen molar-refractivity contribution in [2.24, 2.45) is 0 Å². The molecule has 0 heterocycles. The third kappa shape index (κ3) is 3.95. The molecule has 0 radical (unpaired) electrons. The van der Waals surface area contributed by atoms with Crippen molar-refractivity contribution in [2.75, 3.05) is 5.32 Å². The average Bonchev–Trinajstić information content (AvgIpc) is 3.33. The van der Waals surface area contributed by atoms with Crippen LogP contribution in [0.3, 0.4) is 0 Å². The van der Waals surface area contributed by atoms with Crippen LogP contribution in [0.4, 0.5) is 5.69 Å². The van der Waals surface area contributed by atoms with Crippen LogP contribution < -0.4 is 10.0 Å². The fourth-order valence-electron chi connectivity index (χ4n) is 2.24. The van der Waals surface area contributed by atoms with E-state index in [-0.39, 0.29) is 16.8 Å². The highest BCUT2D eigenvalue weighted by molar-refractivity contribution is 7.89. The first-order valence-corrected chi connectivity index (χ1v) is 9.41. The summed E-state index contributed by atoms with van der Waals surface area (Å²) in [5, 5.41) is 3.39. The van der Waals surface area contributed by atoms with Gasteiger partial charge in [-0.3, -0.25) is 4.79 Å². The molecule has 0 bridgehead atoms. The number of carbonyl (C=O) groups excluding carboxylic acids is 1. The molecule has 0 aliphatic heterocycles. The molecule has 0 aromatic heterocycles. The smallest absolute Gasteiger partial charge is 0.255 e. The van der Waals surface area contributed by atoms with E-state index in [4.69, 9.17) is 11.6 Å². The van der Waals surface area contributed by atoms with Gasteiger partial charge in [-0.05, 0) is 67.8 Å². The van der Waals surface area contributed by atoms with Gasteiger partial charge < -0.3 is 5.32 Å². The highest BCUT2D eigenvalue weighted by atomic mass is 35.5. The Morgan fingerprint density at radius 3 is 2.38 bits per heavy atom. The molecule has 3 rings (SSSR count). The molecule has 126 valence electrons. The lowest BCUT2D eigenvalue weighted by Crippen LogP contribution is -2.25. The summed E-state index contributed by atoms with van der Waals surface area (Å²) in [5.74, 6) is -0.306. The second-order valence-corrected chi connectivity index (χ2v) is 7.98. The van der Waals surface area contributed by atoms with E-state index in [9.17, 15) is 13.2 Å². The Balaban J connectivity index is 1.73. The molecule has 2 aromatic carbocycles. The fraction of sp³-hybridized carbons (Fsp3) is 0.235. The van der Waals surface area contributed by atoms with E-state index in [1.807, 2.05) is 6.92 Å². The Kier molecular flexibility index (Phi) is 4.62. The Bertz CT molecular complexity index is 875. The normalized spacial score (nSPS) is 14.4. The third-order valence-corrected chi connectivity index (χ3v) is 5.53. The largest absolute Gasteiger partial charge is 0.322 e. The number of sulfonamides is 1. The number of carbonyl (C=O) groups is 1. The van der Waals surface area contributed by atoms with Crippen LogP contribution >= 0.6 is 11.6 Å². The number of rotatable bonds is 5. The topological polar surface area (TPSA) is 75.3 Å². The van der Waals surface area contributed by atoms with Crippen LogP contribution in [0.25, 0.3) is 0 Å². The fourth-order valence-corrected chi connectivity index (χ4v) is 3.77. The van der Waals surface area contributed by atoms with Crippen molar-refractivity contribution in [3.8, 4) is 0 Å². The van der Waals surface area contributed by atoms with Crippen LogP contribution in [0.5, 0.6) is 0 Å². The van der Waals surface area contributed by atoms with Gasteiger partial charge in [0.15, 0.2) is 0 Å². The van der Waals surface area contributed by atoms with E-state index in [0.717, 1.165) is 18.4 Å². The molecule has 0 atom stereocenters. The lowest BCUT2D eigenvalue weighted by molar-refractivity contribution is 0.102. The highest BCUT2D eigenvalue weighted by Crippen LogP contribution is 2.23. The van der Waals surface area contributed by atoms with Crippen molar-refractivity contribution in [1.82, 2.24) is 4.72 Å². The summed E-state index contributed by atoms with van der Waals surface area (Å²) in [6.45, 7) is 1.85. The van der Waals surface area contributed by atoms with E-state index in [0.29, 0.717) is 16.3 Å². The van der Waals surface area contributed by atoms with Crippen LogP contribution in [-0.2, 0) is 10.0 Å². The number of benzene rings is 2. The van der Waals surface area contributed by atoms with Crippen LogP contribution in [0.1, 0.15) is 28.8 Å². The molecule has 1 aliphatic carbocycles. The molecule has 2 aromatic rings. The lowest BCUT2D eigenvalue weighted by atomic mass is 10.1. The Labute approximate surface area is 146 Å². The second-order valence-electron chi connectivity index (χ2n) is 5.83. The van der Waals surface area contributed by atoms with Crippen molar-refractivity contribution in [3.05, 3.63) is 58.6 Å². The van der Waals surface area contributed by atoms with E-state index in [1.54, 1.807) is 18.2 Å². The molecular formula is C17H17ClN2O3S. The molecule has 0 saturated heterocycles. The maximum absolute atomic E-state index is 12.3. The minimum absolute atomic E-state index is 0.0471. The number of anilines is 1. The van der Waals surface area contributed by atoms with Crippen LogP contribution in [0.15, 0.2) is 47.4 Å². The zero-order valence-corrected chi connectivity index (χ0v) is 14.6.